The van der Waals surface area contributed by atoms with Crippen molar-refractivity contribution in [2.45, 2.75) is 46.6 Å². The largest absolute Gasteiger partial charge is 0.484 e. The molecular formula is C18H24O5. The lowest BCUT2D eigenvalue weighted by Gasteiger charge is -2.25. The fraction of sp³-hybridized carbons (Fsp3) is 0.444. The van der Waals surface area contributed by atoms with Crippen LogP contribution in [0.4, 0.5) is 0 Å². The zero-order chi connectivity index (χ0) is 17.6. The van der Waals surface area contributed by atoms with Crippen LogP contribution in [0.25, 0.3) is 0 Å². The Morgan fingerprint density at radius 2 is 1.87 bits per heavy atom. The van der Waals surface area contributed by atoms with Crippen molar-refractivity contribution in [3.8, 4) is 11.5 Å². The van der Waals surface area contributed by atoms with E-state index in [-0.39, 0.29) is 23.7 Å². The zero-order valence-electron chi connectivity index (χ0n) is 14.4. The van der Waals surface area contributed by atoms with Crippen molar-refractivity contribution in [1.82, 2.24) is 0 Å². The Balaban J connectivity index is 3.20. The second-order valence-electron chi connectivity index (χ2n) is 6.11. The number of esters is 2. The van der Waals surface area contributed by atoms with Gasteiger partial charge in [0.2, 0.25) is 0 Å². The van der Waals surface area contributed by atoms with E-state index in [2.05, 4.69) is 6.58 Å². The van der Waals surface area contributed by atoms with Gasteiger partial charge >= 0.3 is 11.9 Å². The van der Waals surface area contributed by atoms with E-state index in [1.165, 1.54) is 0 Å². The molecule has 0 unspecified atom stereocenters. The second-order valence-corrected chi connectivity index (χ2v) is 6.11. The van der Waals surface area contributed by atoms with Crippen LogP contribution in [0.3, 0.4) is 0 Å². The molecule has 0 atom stereocenters. The SMILES string of the molecule is C=C(C)C(=O)Oc1cccc(CC(=O)OCC)c1OC(C)(C)C. The topological polar surface area (TPSA) is 61.8 Å². The van der Waals surface area contributed by atoms with E-state index in [1.54, 1.807) is 32.0 Å². The molecule has 0 heterocycles. The van der Waals surface area contributed by atoms with Crippen LogP contribution in [0, 0.1) is 0 Å². The molecule has 0 aliphatic carbocycles. The first-order valence-electron chi connectivity index (χ1n) is 7.48. The van der Waals surface area contributed by atoms with Crippen LogP contribution >= 0.6 is 0 Å². The van der Waals surface area contributed by atoms with Crippen molar-refractivity contribution < 1.29 is 23.8 Å². The predicted octanol–water partition coefficient (Wildman–Crippen LogP) is 3.45. The van der Waals surface area contributed by atoms with Crippen molar-refractivity contribution in [3.05, 3.63) is 35.9 Å². The van der Waals surface area contributed by atoms with E-state index in [4.69, 9.17) is 14.2 Å². The summed E-state index contributed by atoms with van der Waals surface area (Å²) in [5.74, 6) is -0.288. The first kappa shape index (κ1) is 18.7. The van der Waals surface area contributed by atoms with Crippen molar-refractivity contribution in [2.75, 3.05) is 6.61 Å². The van der Waals surface area contributed by atoms with Gasteiger partial charge < -0.3 is 14.2 Å². The molecule has 0 radical (unpaired) electrons. The molecule has 0 N–H and O–H groups in total. The summed E-state index contributed by atoms with van der Waals surface area (Å²) in [5, 5.41) is 0. The van der Waals surface area contributed by atoms with Gasteiger partial charge in [0.05, 0.1) is 13.0 Å². The third kappa shape index (κ3) is 6.14. The van der Waals surface area contributed by atoms with Gasteiger partial charge in [0, 0.05) is 11.1 Å². The molecule has 0 amide bonds. The lowest BCUT2D eigenvalue weighted by Crippen LogP contribution is -2.25. The first-order chi connectivity index (χ1) is 10.6. The van der Waals surface area contributed by atoms with E-state index >= 15 is 0 Å². The Kier molecular flexibility index (Phi) is 6.37. The van der Waals surface area contributed by atoms with Crippen LogP contribution in [0.1, 0.15) is 40.2 Å². The summed E-state index contributed by atoms with van der Waals surface area (Å²) in [7, 11) is 0. The summed E-state index contributed by atoms with van der Waals surface area (Å²) in [5.41, 5.74) is 0.364. The molecule has 1 rings (SSSR count). The van der Waals surface area contributed by atoms with E-state index in [0.717, 1.165) is 0 Å². The average molecular weight is 320 g/mol. The highest BCUT2D eigenvalue weighted by Gasteiger charge is 2.22. The minimum Gasteiger partial charge on any atom is -0.484 e. The van der Waals surface area contributed by atoms with E-state index in [9.17, 15) is 9.59 Å². The highest BCUT2D eigenvalue weighted by atomic mass is 16.6. The van der Waals surface area contributed by atoms with Gasteiger partial charge in [-0.2, -0.15) is 0 Å². The van der Waals surface area contributed by atoms with E-state index < -0.39 is 11.6 Å². The monoisotopic (exact) mass is 320 g/mol. The number of hydrogen-bond donors (Lipinski definition) is 0. The van der Waals surface area contributed by atoms with Gasteiger partial charge in [-0.1, -0.05) is 18.7 Å². The molecule has 126 valence electrons. The number of hydrogen-bond acceptors (Lipinski definition) is 5. The van der Waals surface area contributed by atoms with Gasteiger partial charge in [0.25, 0.3) is 0 Å². The predicted molar refractivity (Wildman–Crippen MR) is 87.6 cm³/mol. The third-order valence-electron chi connectivity index (χ3n) is 2.66. The molecule has 0 aromatic heterocycles. The molecule has 0 aliphatic heterocycles. The maximum absolute atomic E-state index is 11.8. The maximum Gasteiger partial charge on any atom is 0.338 e. The Bertz CT molecular complexity index is 596. The summed E-state index contributed by atoms with van der Waals surface area (Å²) in [6, 6.07) is 5.07. The van der Waals surface area contributed by atoms with Crippen LogP contribution in [0.5, 0.6) is 11.5 Å². The Morgan fingerprint density at radius 3 is 2.39 bits per heavy atom. The van der Waals surface area contributed by atoms with Gasteiger partial charge in [-0.05, 0) is 40.7 Å². The van der Waals surface area contributed by atoms with Crippen molar-refractivity contribution in [1.29, 1.82) is 0 Å². The Morgan fingerprint density at radius 1 is 1.22 bits per heavy atom. The third-order valence-corrected chi connectivity index (χ3v) is 2.66. The average Bonchev–Trinajstić information content (AvgIpc) is 2.41. The van der Waals surface area contributed by atoms with Gasteiger partial charge in [0.1, 0.15) is 5.60 Å². The van der Waals surface area contributed by atoms with Crippen molar-refractivity contribution in [2.24, 2.45) is 0 Å². The lowest BCUT2D eigenvalue weighted by atomic mass is 10.1. The fourth-order valence-corrected chi connectivity index (χ4v) is 1.76. The zero-order valence-corrected chi connectivity index (χ0v) is 14.4. The van der Waals surface area contributed by atoms with Crippen LogP contribution in [0.15, 0.2) is 30.4 Å². The lowest BCUT2D eigenvalue weighted by molar-refractivity contribution is -0.142. The van der Waals surface area contributed by atoms with E-state index in [1.807, 2.05) is 20.8 Å². The minimum atomic E-state index is -0.544. The molecule has 0 saturated heterocycles. The number of para-hydroxylation sites is 1. The maximum atomic E-state index is 11.8. The molecule has 0 spiro atoms. The first-order valence-corrected chi connectivity index (χ1v) is 7.48. The summed E-state index contributed by atoms with van der Waals surface area (Å²) < 4.78 is 16.2. The molecule has 0 fully saturated rings. The quantitative estimate of drug-likeness (QED) is 0.456. The summed E-state index contributed by atoms with van der Waals surface area (Å²) in [6.45, 7) is 12.8. The molecular weight excluding hydrogens is 296 g/mol. The highest BCUT2D eigenvalue weighted by molar-refractivity contribution is 5.89. The normalized spacial score (nSPS) is 10.8. The molecule has 5 nitrogen and oxygen atoms in total. The fourth-order valence-electron chi connectivity index (χ4n) is 1.76. The van der Waals surface area contributed by atoms with Crippen LogP contribution in [-0.2, 0) is 20.7 Å². The summed E-state index contributed by atoms with van der Waals surface area (Å²) in [6.07, 6.45) is 0.0394. The number of carbonyl (C=O) groups excluding carboxylic acids is 2. The molecule has 0 bridgehead atoms. The van der Waals surface area contributed by atoms with Gasteiger partial charge in [-0.3, -0.25) is 4.79 Å². The van der Waals surface area contributed by atoms with Crippen LogP contribution in [-0.4, -0.2) is 24.1 Å². The minimum absolute atomic E-state index is 0.0394. The standard InChI is InChI=1S/C18H24O5/c1-7-21-15(19)11-13-9-8-10-14(22-17(20)12(2)3)16(13)23-18(4,5)6/h8-10H,2,7,11H2,1,3-6H3. The van der Waals surface area contributed by atoms with Gasteiger partial charge in [-0.25, -0.2) is 4.79 Å². The van der Waals surface area contributed by atoms with Crippen molar-refractivity contribution in [3.63, 3.8) is 0 Å². The van der Waals surface area contributed by atoms with Gasteiger partial charge in [-0.15, -0.1) is 0 Å². The Hall–Kier alpha value is -2.30. The van der Waals surface area contributed by atoms with E-state index in [0.29, 0.717) is 17.9 Å². The molecule has 0 saturated carbocycles. The Labute approximate surface area is 137 Å². The van der Waals surface area contributed by atoms with Crippen LogP contribution in [0.2, 0.25) is 0 Å². The smallest absolute Gasteiger partial charge is 0.338 e. The number of rotatable bonds is 6. The molecule has 1 aromatic rings. The molecule has 23 heavy (non-hydrogen) atoms. The number of benzene rings is 1. The summed E-state index contributed by atoms with van der Waals surface area (Å²) >= 11 is 0. The number of carbonyl (C=O) groups is 2. The van der Waals surface area contributed by atoms with Crippen molar-refractivity contribution >= 4 is 11.9 Å². The highest BCUT2D eigenvalue weighted by Crippen LogP contribution is 2.35. The molecule has 0 aliphatic rings. The second kappa shape index (κ2) is 7.81. The summed E-state index contributed by atoms with van der Waals surface area (Å²) in [4.78, 5) is 23.6. The molecule has 1 aromatic carbocycles. The van der Waals surface area contributed by atoms with Crippen LogP contribution < -0.4 is 9.47 Å². The molecule has 5 heteroatoms. The van der Waals surface area contributed by atoms with Gasteiger partial charge in [0.15, 0.2) is 11.5 Å². The number of ether oxygens (including phenoxy) is 3.